The molecule has 2 heteroatoms. The molecule has 3 rings (SSSR count). The molecule has 2 nitrogen and oxygen atoms in total. The van der Waals surface area contributed by atoms with E-state index in [2.05, 4.69) is 48.3 Å². The second-order valence-electron chi connectivity index (χ2n) is 7.70. The monoisotopic (exact) mass is 351 g/mol. The first-order valence-corrected chi connectivity index (χ1v) is 10.5. The van der Waals surface area contributed by atoms with Gasteiger partial charge in [0.1, 0.15) is 5.75 Å². The molecular weight excluding hydrogens is 318 g/mol. The van der Waals surface area contributed by atoms with E-state index in [9.17, 15) is 0 Å². The average Bonchev–Trinajstić information content (AvgIpc) is 2.71. The van der Waals surface area contributed by atoms with Crippen LogP contribution in [0.2, 0.25) is 0 Å². The highest BCUT2D eigenvalue weighted by Crippen LogP contribution is 2.26. The highest BCUT2D eigenvalue weighted by Gasteiger charge is 2.13. The van der Waals surface area contributed by atoms with Crippen molar-refractivity contribution in [3.05, 3.63) is 48.2 Å². The molecule has 140 valence electrons. The zero-order valence-electron chi connectivity index (χ0n) is 16.3. The number of unbranched alkanes of at least 4 members (excludes halogenated alkanes) is 3. The maximum absolute atomic E-state index is 6.00. The van der Waals surface area contributed by atoms with Gasteiger partial charge in [-0.25, -0.2) is 0 Å². The molecule has 0 spiro atoms. The van der Waals surface area contributed by atoms with Crippen LogP contribution < -0.4 is 4.74 Å². The van der Waals surface area contributed by atoms with Crippen LogP contribution in [0.5, 0.6) is 5.75 Å². The number of ether oxygens (including phenoxy) is 1. The molecule has 0 amide bonds. The van der Waals surface area contributed by atoms with Crippen LogP contribution in [0, 0.1) is 5.92 Å². The van der Waals surface area contributed by atoms with E-state index in [0.29, 0.717) is 0 Å². The van der Waals surface area contributed by atoms with Crippen molar-refractivity contribution >= 4 is 0 Å². The molecule has 0 N–H and O–H groups in total. The van der Waals surface area contributed by atoms with Gasteiger partial charge in [0.25, 0.3) is 0 Å². The lowest BCUT2D eigenvalue weighted by molar-refractivity contribution is 0.209. The standard InChI is InChI=1S/C24H33NO/c1-2-3-4-6-9-20-12-17-24(25-18-20)22-13-15-23(16-14-22)26-19-21-10-7-5-8-11-21/h12-18,21H,2-11,19H2,1H3. The smallest absolute Gasteiger partial charge is 0.119 e. The minimum absolute atomic E-state index is 0.745. The Labute approximate surface area is 159 Å². The van der Waals surface area contributed by atoms with E-state index in [4.69, 9.17) is 4.74 Å². The molecule has 0 bridgehead atoms. The predicted molar refractivity (Wildman–Crippen MR) is 110 cm³/mol. The maximum Gasteiger partial charge on any atom is 0.119 e. The van der Waals surface area contributed by atoms with Crippen molar-refractivity contribution in [3.63, 3.8) is 0 Å². The predicted octanol–water partition coefficient (Wildman–Crippen LogP) is 6.83. The fraction of sp³-hybridized carbons (Fsp3) is 0.542. The van der Waals surface area contributed by atoms with Gasteiger partial charge < -0.3 is 4.74 Å². The highest BCUT2D eigenvalue weighted by atomic mass is 16.5. The quantitative estimate of drug-likeness (QED) is 0.462. The van der Waals surface area contributed by atoms with Gasteiger partial charge in [-0.2, -0.15) is 0 Å². The summed E-state index contributed by atoms with van der Waals surface area (Å²) < 4.78 is 6.00. The Balaban J connectivity index is 1.49. The van der Waals surface area contributed by atoms with E-state index in [1.165, 1.54) is 63.4 Å². The number of nitrogens with zero attached hydrogens (tertiary/aromatic N) is 1. The van der Waals surface area contributed by atoms with Gasteiger partial charge in [-0.05, 0) is 67.5 Å². The lowest BCUT2D eigenvalue weighted by Crippen LogP contribution is -2.15. The number of pyridine rings is 1. The molecule has 0 unspecified atom stereocenters. The van der Waals surface area contributed by atoms with E-state index in [1.54, 1.807) is 0 Å². The Morgan fingerprint density at radius 3 is 2.42 bits per heavy atom. The second-order valence-corrected chi connectivity index (χ2v) is 7.70. The lowest BCUT2D eigenvalue weighted by atomic mass is 9.90. The highest BCUT2D eigenvalue weighted by molar-refractivity contribution is 5.60. The molecule has 2 aromatic rings. The summed E-state index contributed by atoms with van der Waals surface area (Å²) in [5.74, 6) is 1.72. The number of rotatable bonds is 9. The van der Waals surface area contributed by atoms with Crippen molar-refractivity contribution in [1.82, 2.24) is 4.98 Å². The van der Waals surface area contributed by atoms with E-state index in [1.807, 2.05) is 6.20 Å². The third kappa shape index (κ3) is 5.86. The molecule has 26 heavy (non-hydrogen) atoms. The van der Waals surface area contributed by atoms with Crippen LogP contribution in [0.25, 0.3) is 11.3 Å². The van der Waals surface area contributed by atoms with Gasteiger partial charge in [0.2, 0.25) is 0 Å². The summed E-state index contributed by atoms with van der Waals surface area (Å²) in [4.78, 5) is 4.66. The number of aryl methyl sites for hydroxylation is 1. The van der Waals surface area contributed by atoms with E-state index in [0.717, 1.165) is 36.0 Å². The summed E-state index contributed by atoms with van der Waals surface area (Å²) in [6.07, 6.45) is 15.2. The first-order chi connectivity index (χ1) is 12.8. The van der Waals surface area contributed by atoms with Gasteiger partial charge in [-0.1, -0.05) is 51.5 Å². The molecule has 1 fully saturated rings. The minimum atomic E-state index is 0.745. The van der Waals surface area contributed by atoms with Crippen molar-refractivity contribution in [2.75, 3.05) is 6.61 Å². The lowest BCUT2D eigenvalue weighted by Gasteiger charge is -2.21. The molecule has 1 aliphatic rings. The van der Waals surface area contributed by atoms with Gasteiger partial charge in [-0.3, -0.25) is 4.98 Å². The van der Waals surface area contributed by atoms with Crippen molar-refractivity contribution in [3.8, 4) is 17.0 Å². The zero-order chi connectivity index (χ0) is 18.0. The Morgan fingerprint density at radius 2 is 1.73 bits per heavy atom. The molecule has 1 aliphatic carbocycles. The molecule has 0 atom stereocenters. The topological polar surface area (TPSA) is 22.1 Å². The fourth-order valence-electron chi connectivity index (χ4n) is 3.79. The van der Waals surface area contributed by atoms with E-state index >= 15 is 0 Å². The van der Waals surface area contributed by atoms with Crippen LogP contribution in [-0.2, 0) is 6.42 Å². The summed E-state index contributed by atoms with van der Waals surface area (Å²) in [5, 5.41) is 0. The van der Waals surface area contributed by atoms with Crippen LogP contribution in [0.1, 0.15) is 70.3 Å². The van der Waals surface area contributed by atoms with E-state index < -0.39 is 0 Å². The molecular formula is C24H33NO. The average molecular weight is 352 g/mol. The molecule has 1 aromatic heterocycles. The summed E-state index contributed by atoms with van der Waals surface area (Å²) >= 11 is 0. The van der Waals surface area contributed by atoms with Crippen molar-refractivity contribution in [2.45, 2.75) is 71.1 Å². The summed E-state index contributed by atoms with van der Waals surface area (Å²) in [6.45, 7) is 3.12. The van der Waals surface area contributed by atoms with Crippen molar-refractivity contribution in [1.29, 1.82) is 0 Å². The molecule has 0 radical (unpaired) electrons. The number of hydrogen-bond donors (Lipinski definition) is 0. The van der Waals surface area contributed by atoms with Crippen LogP contribution >= 0.6 is 0 Å². The number of hydrogen-bond acceptors (Lipinski definition) is 2. The molecule has 0 saturated heterocycles. The zero-order valence-corrected chi connectivity index (χ0v) is 16.3. The Morgan fingerprint density at radius 1 is 0.923 bits per heavy atom. The molecule has 1 saturated carbocycles. The first-order valence-electron chi connectivity index (χ1n) is 10.5. The van der Waals surface area contributed by atoms with Crippen LogP contribution in [0.4, 0.5) is 0 Å². The third-order valence-electron chi connectivity index (χ3n) is 5.50. The van der Waals surface area contributed by atoms with Crippen molar-refractivity contribution in [2.24, 2.45) is 5.92 Å². The summed E-state index contributed by atoms with van der Waals surface area (Å²) in [5.41, 5.74) is 3.55. The Bertz CT molecular complexity index is 626. The van der Waals surface area contributed by atoms with Gasteiger partial charge in [0.05, 0.1) is 12.3 Å². The van der Waals surface area contributed by atoms with Crippen LogP contribution in [0.15, 0.2) is 42.6 Å². The Hall–Kier alpha value is -1.83. The molecule has 1 heterocycles. The minimum Gasteiger partial charge on any atom is -0.493 e. The molecule has 0 aliphatic heterocycles. The maximum atomic E-state index is 6.00. The second kappa shape index (κ2) is 10.4. The molecule has 1 aromatic carbocycles. The summed E-state index contributed by atoms with van der Waals surface area (Å²) in [7, 11) is 0. The van der Waals surface area contributed by atoms with Crippen molar-refractivity contribution < 1.29 is 4.74 Å². The first kappa shape index (κ1) is 18.9. The van der Waals surface area contributed by atoms with Crippen LogP contribution in [-0.4, -0.2) is 11.6 Å². The normalized spacial score (nSPS) is 15.1. The Kier molecular flexibility index (Phi) is 7.54. The largest absolute Gasteiger partial charge is 0.493 e. The summed E-state index contributed by atoms with van der Waals surface area (Å²) in [6, 6.07) is 12.8. The van der Waals surface area contributed by atoms with E-state index in [-0.39, 0.29) is 0 Å². The van der Waals surface area contributed by atoms with Gasteiger partial charge >= 0.3 is 0 Å². The van der Waals surface area contributed by atoms with Gasteiger partial charge in [-0.15, -0.1) is 0 Å². The number of aromatic nitrogens is 1. The van der Waals surface area contributed by atoms with Gasteiger partial charge in [0.15, 0.2) is 0 Å². The number of benzene rings is 1. The van der Waals surface area contributed by atoms with Gasteiger partial charge in [0, 0.05) is 11.8 Å². The third-order valence-corrected chi connectivity index (χ3v) is 5.50. The SMILES string of the molecule is CCCCCCc1ccc(-c2ccc(OCC3CCCCC3)cc2)nc1. The fourth-order valence-corrected chi connectivity index (χ4v) is 3.79. The van der Waals surface area contributed by atoms with Crippen LogP contribution in [0.3, 0.4) is 0 Å².